The lowest BCUT2D eigenvalue weighted by Crippen LogP contribution is -2.24. The third-order valence-electron chi connectivity index (χ3n) is 3.48. The fourth-order valence-electron chi connectivity index (χ4n) is 2.02. The predicted octanol–water partition coefficient (Wildman–Crippen LogP) is 3.40. The molecule has 0 radical (unpaired) electrons. The number of hydrogen-bond donors (Lipinski definition) is 1. The van der Waals surface area contributed by atoms with Crippen molar-refractivity contribution in [3.63, 3.8) is 0 Å². The van der Waals surface area contributed by atoms with E-state index in [1.165, 1.54) is 0 Å². The van der Waals surface area contributed by atoms with Crippen LogP contribution in [-0.2, 0) is 4.79 Å². The summed E-state index contributed by atoms with van der Waals surface area (Å²) in [4.78, 5) is 11.8. The average molecular weight is 356 g/mol. The average Bonchev–Trinajstić information content (AvgIpc) is 2.68. The molecule has 0 unspecified atom stereocenters. The Morgan fingerprint density at radius 1 is 1.00 bits per heavy atom. The van der Waals surface area contributed by atoms with E-state index in [0.29, 0.717) is 12.4 Å². The van der Waals surface area contributed by atoms with Crippen LogP contribution in [0.4, 0.5) is 0 Å². The molecule has 0 heterocycles. The number of hydrazone groups is 1. The molecule has 6 heteroatoms. The highest BCUT2D eigenvalue weighted by molar-refractivity contribution is 5.83. The Labute approximate surface area is 153 Å². The molecule has 0 saturated carbocycles. The molecule has 0 aliphatic rings. The largest absolute Gasteiger partial charge is 0.497 e. The Morgan fingerprint density at radius 3 is 2.23 bits per heavy atom. The summed E-state index contributed by atoms with van der Waals surface area (Å²) in [6, 6.07) is 14.5. The van der Waals surface area contributed by atoms with Crippen molar-refractivity contribution in [2.75, 3.05) is 20.3 Å². The number of ether oxygens (including phenoxy) is 3. The van der Waals surface area contributed by atoms with Crippen molar-refractivity contribution in [2.45, 2.75) is 19.8 Å². The van der Waals surface area contributed by atoms with Crippen LogP contribution < -0.4 is 19.6 Å². The molecule has 0 aliphatic heterocycles. The Kier molecular flexibility index (Phi) is 7.99. The molecular weight excluding hydrogens is 332 g/mol. The van der Waals surface area contributed by atoms with E-state index in [0.717, 1.165) is 29.9 Å². The predicted molar refractivity (Wildman–Crippen MR) is 101 cm³/mol. The summed E-state index contributed by atoms with van der Waals surface area (Å²) in [5.41, 5.74) is 3.28. The fraction of sp³-hybridized carbons (Fsp3) is 0.300. The number of hydrogen-bond acceptors (Lipinski definition) is 5. The van der Waals surface area contributed by atoms with Crippen LogP contribution in [0, 0.1) is 0 Å². The van der Waals surface area contributed by atoms with Crippen molar-refractivity contribution in [2.24, 2.45) is 5.10 Å². The lowest BCUT2D eigenvalue weighted by atomic mass is 10.2. The Bertz CT molecular complexity index is 697. The number of unbranched alkanes of at least 4 members (excludes halogenated alkanes) is 1. The number of rotatable bonds is 10. The zero-order chi connectivity index (χ0) is 18.6. The number of methoxy groups -OCH3 is 1. The van der Waals surface area contributed by atoms with Gasteiger partial charge in [0.1, 0.15) is 17.2 Å². The molecule has 0 atom stereocenters. The molecule has 0 spiro atoms. The lowest BCUT2D eigenvalue weighted by Gasteiger charge is -2.07. The molecule has 0 aliphatic carbocycles. The standard InChI is InChI=1S/C20H24N2O4/c1-3-4-13-25-18-9-11-19(12-10-18)26-15-20(23)22-21-14-16-5-7-17(24-2)8-6-16/h5-12,14H,3-4,13,15H2,1-2H3,(H,22,23). The van der Waals surface area contributed by atoms with Gasteiger partial charge >= 0.3 is 0 Å². The van der Waals surface area contributed by atoms with Crippen LogP contribution >= 0.6 is 0 Å². The molecule has 0 bridgehead atoms. The molecule has 138 valence electrons. The SMILES string of the molecule is CCCCOc1ccc(OCC(=O)NN=Cc2ccc(OC)cc2)cc1. The van der Waals surface area contributed by atoms with E-state index in [1.54, 1.807) is 25.5 Å². The van der Waals surface area contributed by atoms with E-state index >= 15 is 0 Å². The quantitative estimate of drug-likeness (QED) is 0.402. The van der Waals surface area contributed by atoms with Gasteiger partial charge in [-0.15, -0.1) is 0 Å². The van der Waals surface area contributed by atoms with E-state index in [2.05, 4.69) is 17.5 Å². The maximum atomic E-state index is 11.8. The number of carbonyl (C=O) groups is 1. The number of amides is 1. The zero-order valence-corrected chi connectivity index (χ0v) is 15.1. The highest BCUT2D eigenvalue weighted by atomic mass is 16.5. The van der Waals surface area contributed by atoms with Gasteiger partial charge in [0, 0.05) is 0 Å². The summed E-state index contributed by atoms with van der Waals surface area (Å²) in [6.07, 6.45) is 3.67. The third-order valence-corrected chi connectivity index (χ3v) is 3.48. The highest BCUT2D eigenvalue weighted by Gasteiger charge is 2.02. The van der Waals surface area contributed by atoms with Gasteiger partial charge in [0.2, 0.25) is 0 Å². The minimum absolute atomic E-state index is 0.115. The second kappa shape index (κ2) is 10.8. The first-order valence-corrected chi connectivity index (χ1v) is 8.53. The number of nitrogens with one attached hydrogen (secondary N) is 1. The third kappa shape index (κ3) is 6.84. The minimum Gasteiger partial charge on any atom is -0.497 e. The molecular formula is C20H24N2O4. The zero-order valence-electron chi connectivity index (χ0n) is 15.1. The van der Waals surface area contributed by atoms with E-state index in [4.69, 9.17) is 14.2 Å². The smallest absolute Gasteiger partial charge is 0.277 e. The van der Waals surface area contributed by atoms with Gasteiger partial charge in [0.15, 0.2) is 6.61 Å². The molecule has 0 fully saturated rings. The summed E-state index contributed by atoms with van der Waals surface area (Å²) in [5.74, 6) is 1.82. The molecule has 26 heavy (non-hydrogen) atoms. The van der Waals surface area contributed by atoms with Crippen molar-refractivity contribution in [1.29, 1.82) is 0 Å². The van der Waals surface area contributed by atoms with Gasteiger partial charge in [0.05, 0.1) is 19.9 Å². The second-order valence-corrected chi connectivity index (χ2v) is 5.53. The molecule has 0 aromatic heterocycles. The fourth-order valence-corrected chi connectivity index (χ4v) is 2.02. The van der Waals surface area contributed by atoms with Gasteiger partial charge in [-0.1, -0.05) is 13.3 Å². The van der Waals surface area contributed by atoms with Crippen LogP contribution in [0.1, 0.15) is 25.3 Å². The van der Waals surface area contributed by atoms with E-state index in [9.17, 15) is 4.79 Å². The number of carbonyl (C=O) groups excluding carboxylic acids is 1. The first-order valence-electron chi connectivity index (χ1n) is 8.53. The first kappa shape index (κ1) is 19.3. The highest BCUT2D eigenvalue weighted by Crippen LogP contribution is 2.17. The van der Waals surface area contributed by atoms with Crippen LogP contribution in [0.2, 0.25) is 0 Å². The van der Waals surface area contributed by atoms with Crippen LogP contribution in [0.3, 0.4) is 0 Å². The number of nitrogens with zero attached hydrogens (tertiary/aromatic N) is 1. The molecule has 0 saturated heterocycles. The molecule has 2 aromatic rings. The normalized spacial score (nSPS) is 10.5. The van der Waals surface area contributed by atoms with Gasteiger partial charge in [0.25, 0.3) is 5.91 Å². The molecule has 2 rings (SSSR count). The van der Waals surface area contributed by atoms with Crippen molar-refractivity contribution in [3.8, 4) is 17.2 Å². The Morgan fingerprint density at radius 2 is 1.62 bits per heavy atom. The summed E-state index contributed by atoms with van der Waals surface area (Å²) in [7, 11) is 1.61. The van der Waals surface area contributed by atoms with Crippen molar-refractivity contribution in [3.05, 3.63) is 54.1 Å². The van der Waals surface area contributed by atoms with Crippen molar-refractivity contribution in [1.82, 2.24) is 5.43 Å². The van der Waals surface area contributed by atoms with E-state index < -0.39 is 0 Å². The maximum absolute atomic E-state index is 11.8. The van der Waals surface area contributed by atoms with E-state index in [1.807, 2.05) is 36.4 Å². The summed E-state index contributed by atoms with van der Waals surface area (Å²) < 4.78 is 16.1. The van der Waals surface area contributed by atoms with Crippen LogP contribution in [0.5, 0.6) is 17.2 Å². The maximum Gasteiger partial charge on any atom is 0.277 e. The van der Waals surface area contributed by atoms with Gasteiger partial charge in [-0.2, -0.15) is 5.10 Å². The molecule has 1 amide bonds. The Balaban J connectivity index is 1.71. The topological polar surface area (TPSA) is 69.2 Å². The summed E-state index contributed by atoms with van der Waals surface area (Å²) >= 11 is 0. The van der Waals surface area contributed by atoms with Crippen LogP contribution in [-0.4, -0.2) is 32.4 Å². The van der Waals surface area contributed by atoms with E-state index in [-0.39, 0.29) is 12.5 Å². The monoisotopic (exact) mass is 356 g/mol. The van der Waals surface area contributed by atoms with Gasteiger partial charge in [-0.25, -0.2) is 5.43 Å². The molecule has 6 nitrogen and oxygen atoms in total. The van der Waals surface area contributed by atoms with Gasteiger partial charge in [-0.3, -0.25) is 4.79 Å². The van der Waals surface area contributed by atoms with Gasteiger partial charge < -0.3 is 14.2 Å². The Hall–Kier alpha value is -3.02. The van der Waals surface area contributed by atoms with Crippen LogP contribution in [0.25, 0.3) is 0 Å². The minimum atomic E-state index is -0.335. The van der Waals surface area contributed by atoms with Crippen molar-refractivity contribution < 1.29 is 19.0 Å². The van der Waals surface area contributed by atoms with Crippen LogP contribution in [0.15, 0.2) is 53.6 Å². The number of benzene rings is 2. The summed E-state index contributed by atoms with van der Waals surface area (Å²) in [5, 5.41) is 3.90. The van der Waals surface area contributed by atoms with Gasteiger partial charge in [-0.05, 0) is 60.5 Å². The first-order chi connectivity index (χ1) is 12.7. The second-order valence-electron chi connectivity index (χ2n) is 5.53. The van der Waals surface area contributed by atoms with Crippen molar-refractivity contribution >= 4 is 12.1 Å². The molecule has 1 N–H and O–H groups in total. The molecule has 2 aromatic carbocycles. The lowest BCUT2D eigenvalue weighted by molar-refractivity contribution is -0.123. The summed E-state index contributed by atoms with van der Waals surface area (Å²) in [6.45, 7) is 2.70.